The predicted octanol–water partition coefficient (Wildman–Crippen LogP) is 2.50. The average molecular weight is 340 g/mol. The Labute approximate surface area is 148 Å². The fourth-order valence-electron chi connectivity index (χ4n) is 3.19. The number of likely N-dealkylation sites (N-methyl/N-ethyl adjacent to an activating group) is 1. The molecule has 1 atom stereocenters. The number of hydrogen-bond donors (Lipinski definition) is 1. The lowest BCUT2D eigenvalue weighted by molar-refractivity contribution is -0.122. The van der Waals surface area contributed by atoms with Crippen LogP contribution in [0.15, 0.2) is 36.7 Å². The molecule has 1 N–H and O–H groups in total. The molecule has 1 aromatic carbocycles. The summed E-state index contributed by atoms with van der Waals surface area (Å²) >= 11 is 0. The first-order chi connectivity index (χ1) is 12.2. The van der Waals surface area contributed by atoms with E-state index in [9.17, 15) is 4.79 Å². The van der Waals surface area contributed by atoms with Crippen LogP contribution in [0.3, 0.4) is 0 Å². The summed E-state index contributed by atoms with van der Waals surface area (Å²) in [6.07, 6.45) is 5.41. The summed E-state index contributed by atoms with van der Waals surface area (Å²) in [5, 5.41) is 2.68. The SMILES string of the molecule is CNC(=O)CN1CCC[C@H](c2nccnc2Oc2cccc(C)c2)C1. The van der Waals surface area contributed by atoms with Gasteiger partial charge in [0.25, 0.3) is 0 Å². The van der Waals surface area contributed by atoms with Crippen LogP contribution in [0.1, 0.15) is 30.0 Å². The Morgan fingerprint density at radius 3 is 3.00 bits per heavy atom. The van der Waals surface area contributed by atoms with Crippen LogP contribution < -0.4 is 10.1 Å². The highest BCUT2D eigenvalue weighted by Crippen LogP contribution is 2.32. The van der Waals surface area contributed by atoms with E-state index in [1.807, 2.05) is 31.2 Å². The molecule has 1 saturated heterocycles. The van der Waals surface area contributed by atoms with Gasteiger partial charge in [0.1, 0.15) is 11.4 Å². The summed E-state index contributed by atoms with van der Waals surface area (Å²) in [5.41, 5.74) is 2.00. The lowest BCUT2D eigenvalue weighted by atomic mass is 9.94. The maximum absolute atomic E-state index is 11.7. The zero-order valence-electron chi connectivity index (χ0n) is 14.7. The summed E-state index contributed by atoms with van der Waals surface area (Å²) in [7, 11) is 1.67. The molecule has 1 fully saturated rings. The lowest BCUT2D eigenvalue weighted by Crippen LogP contribution is -2.41. The van der Waals surface area contributed by atoms with E-state index in [2.05, 4.69) is 20.2 Å². The molecule has 25 heavy (non-hydrogen) atoms. The molecule has 1 amide bonds. The van der Waals surface area contributed by atoms with Crippen LogP contribution in [0, 0.1) is 6.92 Å². The van der Waals surface area contributed by atoms with Crippen LogP contribution in [0.4, 0.5) is 0 Å². The van der Waals surface area contributed by atoms with Crippen LogP contribution >= 0.6 is 0 Å². The number of hydrogen-bond acceptors (Lipinski definition) is 5. The van der Waals surface area contributed by atoms with E-state index >= 15 is 0 Å². The number of carbonyl (C=O) groups excluding carboxylic acids is 1. The molecule has 1 aliphatic heterocycles. The Balaban J connectivity index is 1.76. The number of nitrogens with zero attached hydrogens (tertiary/aromatic N) is 3. The second-order valence-corrected chi connectivity index (χ2v) is 6.41. The molecule has 0 bridgehead atoms. The lowest BCUT2D eigenvalue weighted by Gasteiger charge is -2.32. The smallest absolute Gasteiger partial charge is 0.241 e. The number of ether oxygens (including phenoxy) is 1. The minimum absolute atomic E-state index is 0.0380. The highest BCUT2D eigenvalue weighted by Gasteiger charge is 2.26. The molecule has 0 unspecified atom stereocenters. The normalized spacial score (nSPS) is 17.9. The molecular formula is C19H24N4O2. The number of rotatable bonds is 5. The maximum atomic E-state index is 11.7. The van der Waals surface area contributed by atoms with Gasteiger partial charge in [-0.05, 0) is 44.0 Å². The monoisotopic (exact) mass is 340 g/mol. The molecule has 0 spiro atoms. The number of benzene rings is 1. The van der Waals surface area contributed by atoms with Gasteiger partial charge in [-0.25, -0.2) is 4.98 Å². The predicted molar refractivity (Wildman–Crippen MR) is 95.8 cm³/mol. The molecule has 3 rings (SSSR count). The van der Waals surface area contributed by atoms with Crippen molar-refractivity contribution in [3.05, 3.63) is 47.9 Å². The number of aryl methyl sites for hydroxylation is 1. The first-order valence-corrected chi connectivity index (χ1v) is 8.64. The highest BCUT2D eigenvalue weighted by molar-refractivity contribution is 5.77. The van der Waals surface area contributed by atoms with Crippen molar-refractivity contribution in [1.29, 1.82) is 0 Å². The fraction of sp³-hybridized carbons (Fsp3) is 0.421. The van der Waals surface area contributed by atoms with E-state index in [1.54, 1.807) is 19.4 Å². The van der Waals surface area contributed by atoms with Crippen LogP contribution in [0.5, 0.6) is 11.6 Å². The van der Waals surface area contributed by atoms with Crippen molar-refractivity contribution in [2.75, 3.05) is 26.7 Å². The van der Waals surface area contributed by atoms with Gasteiger partial charge in [0, 0.05) is 31.9 Å². The van der Waals surface area contributed by atoms with Gasteiger partial charge in [0.05, 0.1) is 6.54 Å². The Morgan fingerprint density at radius 1 is 1.36 bits per heavy atom. The van der Waals surface area contributed by atoms with E-state index in [4.69, 9.17) is 4.74 Å². The Kier molecular flexibility index (Phi) is 5.60. The fourth-order valence-corrected chi connectivity index (χ4v) is 3.19. The quantitative estimate of drug-likeness (QED) is 0.906. The molecular weight excluding hydrogens is 316 g/mol. The molecule has 2 heterocycles. The van der Waals surface area contributed by atoms with Gasteiger partial charge in [-0.3, -0.25) is 14.7 Å². The van der Waals surface area contributed by atoms with Crippen molar-refractivity contribution in [2.45, 2.75) is 25.7 Å². The molecule has 0 radical (unpaired) electrons. The second kappa shape index (κ2) is 8.07. The number of piperidine rings is 1. The number of nitrogens with one attached hydrogen (secondary N) is 1. The van der Waals surface area contributed by atoms with Crippen molar-refractivity contribution < 1.29 is 9.53 Å². The van der Waals surface area contributed by atoms with Gasteiger partial charge in [-0.1, -0.05) is 12.1 Å². The van der Waals surface area contributed by atoms with Gasteiger partial charge < -0.3 is 10.1 Å². The Bertz CT molecular complexity index is 735. The third kappa shape index (κ3) is 4.54. The van der Waals surface area contributed by atoms with Gasteiger partial charge in [0.2, 0.25) is 11.8 Å². The number of amides is 1. The Morgan fingerprint density at radius 2 is 2.20 bits per heavy atom. The Hall–Kier alpha value is -2.47. The minimum atomic E-state index is 0.0380. The molecule has 6 heteroatoms. The summed E-state index contributed by atoms with van der Waals surface area (Å²) in [6, 6.07) is 7.90. The third-order valence-corrected chi connectivity index (χ3v) is 4.43. The number of aromatic nitrogens is 2. The van der Waals surface area contributed by atoms with Gasteiger partial charge in [-0.2, -0.15) is 0 Å². The van der Waals surface area contributed by atoms with E-state index in [0.29, 0.717) is 12.4 Å². The third-order valence-electron chi connectivity index (χ3n) is 4.43. The molecule has 1 aromatic heterocycles. The topological polar surface area (TPSA) is 67.4 Å². The molecule has 0 saturated carbocycles. The van der Waals surface area contributed by atoms with Crippen molar-refractivity contribution in [3.8, 4) is 11.6 Å². The zero-order valence-corrected chi connectivity index (χ0v) is 14.7. The van der Waals surface area contributed by atoms with Crippen LogP contribution in [-0.4, -0.2) is 47.5 Å². The first kappa shape index (κ1) is 17.4. The van der Waals surface area contributed by atoms with Crippen molar-refractivity contribution in [3.63, 3.8) is 0 Å². The maximum Gasteiger partial charge on any atom is 0.241 e. The van der Waals surface area contributed by atoms with E-state index in [1.165, 1.54) is 0 Å². The second-order valence-electron chi connectivity index (χ2n) is 6.41. The standard InChI is InChI=1S/C19H24N4O2/c1-14-5-3-7-16(11-14)25-19-18(21-8-9-22-19)15-6-4-10-23(12-15)13-17(24)20-2/h3,5,7-9,11,15H,4,6,10,12-13H2,1-2H3,(H,20,24)/t15-/m0/s1. The minimum Gasteiger partial charge on any atom is -0.437 e. The van der Waals surface area contributed by atoms with Gasteiger partial charge >= 0.3 is 0 Å². The summed E-state index contributed by atoms with van der Waals surface area (Å²) in [6.45, 7) is 4.16. The van der Waals surface area contributed by atoms with Crippen LogP contribution in [0.25, 0.3) is 0 Å². The van der Waals surface area contributed by atoms with Crippen LogP contribution in [-0.2, 0) is 4.79 Å². The van der Waals surface area contributed by atoms with Crippen LogP contribution in [0.2, 0.25) is 0 Å². The molecule has 2 aromatic rings. The van der Waals surface area contributed by atoms with E-state index in [-0.39, 0.29) is 11.8 Å². The molecule has 6 nitrogen and oxygen atoms in total. The first-order valence-electron chi connectivity index (χ1n) is 8.64. The average Bonchev–Trinajstić information content (AvgIpc) is 2.62. The molecule has 132 valence electrons. The van der Waals surface area contributed by atoms with Crippen molar-refractivity contribution in [1.82, 2.24) is 20.2 Å². The zero-order chi connectivity index (χ0) is 17.6. The number of likely N-dealkylation sites (tertiary alicyclic amines) is 1. The van der Waals surface area contributed by atoms with Gasteiger partial charge in [-0.15, -0.1) is 0 Å². The summed E-state index contributed by atoms with van der Waals surface area (Å²) < 4.78 is 6.01. The largest absolute Gasteiger partial charge is 0.437 e. The van der Waals surface area contributed by atoms with Gasteiger partial charge in [0.15, 0.2) is 0 Å². The van der Waals surface area contributed by atoms with Crippen molar-refractivity contribution >= 4 is 5.91 Å². The molecule has 1 aliphatic rings. The summed E-state index contributed by atoms with van der Waals surface area (Å²) in [5.74, 6) is 1.57. The summed E-state index contributed by atoms with van der Waals surface area (Å²) in [4.78, 5) is 22.8. The number of carbonyl (C=O) groups is 1. The van der Waals surface area contributed by atoms with E-state index in [0.717, 1.165) is 42.9 Å². The van der Waals surface area contributed by atoms with Crippen molar-refractivity contribution in [2.24, 2.45) is 0 Å². The van der Waals surface area contributed by atoms with E-state index < -0.39 is 0 Å². The highest BCUT2D eigenvalue weighted by atomic mass is 16.5. The molecule has 0 aliphatic carbocycles.